The molecule has 0 bridgehead atoms. The zero-order valence-electron chi connectivity index (χ0n) is 8.71. The fourth-order valence-corrected chi connectivity index (χ4v) is 2.71. The Bertz CT molecular complexity index is 231. The Balaban J connectivity index is 1.92. The van der Waals surface area contributed by atoms with Crippen molar-refractivity contribution < 1.29 is 5.11 Å². The van der Waals surface area contributed by atoms with E-state index in [0.29, 0.717) is 6.61 Å². The summed E-state index contributed by atoms with van der Waals surface area (Å²) in [5.74, 6) is 1.67. The van der Waals surface area contributed by atoms with Crippen LogP contribution < -0.4 is 0 Å². The van der Waals surface area contributed by atoms with Crippen LogP contribution in [0, 0.1) is 17.3 Å². The summed E-state index contributed by atoms with van der Waals surface area (Å²) in [6.45, 7) is 4.84. The standard InChI is InChI=1S/C12H20O/c1-9-3-5-10(6-4-9)11-7-12(11,2)8-13/h3,10-11,13H,4-8H2,1-2H3. The molecule has 0 saturated heterocycles. The van der Waals surface area contributed by atoms with E-state index in [2.05, 4.69) is 19.9 Å². The molecule has 0 spiro atoms. The first-order valence-electron chi connectivity index (χ1n) is 5.42. The number of aliphatic hydroxyl groups excluding tert-OH is 1. The third kappa shape index (κ3) is 1.67. The van der Waals surface area contributed by atoms with Gasteiger partial charge in [0.25, 0.3) is 0 Å². The Morgan fingerprint density at radius 2 is 2.38 bits per heavy atom. The zero-order valence-corrected chi connectivity index (χ0v) is 8.71. The second kappa shape index (κ2) is 3.13. The summed E-state index contributed by atoms with van der Waals surface area (Å²) in [5.41, 5.74) is 1.84. The number of hydrogen-bond donors (Lipinski definition) is 1. The van der Waals surface area contributed by atoms with Gasteiger partial charge in [0.2, 0.25) is 0 Å². The SMILES string of the molecule is CC1=CCC(C2CC2(C)CO)CC1. The summed E-state index contributed by atoms with van der Waals surface area (Å²) in [6.07, 6.45) is 7.53. The highest BCUT2D eigenvalue weighted by Crippen LogP contribution is 2.58. The number of hydrogen-bond acceptors (Lipinski definition) is 1. The van der Waals surface area contributed by atoms with Gasteiger partial charge in [0.15, 0.2) is 0 Å². The van der Waals surface area contributed by atoms with Gasteiger partial charge in [-0.25, -0.2) is 0 Å². The predicted octanol–water partition coefficient (Wildman–Crippen LogP) is 2.75. The minimum Gasteiger partial charge on any atom is -0.396 e. The summed E-state index contributed by atoms with van der Waals surface area (Å²) in [5, 5.41) is 9.20. The lowest BCUT2D eigenvalue weighted by Crippen LogP contribution is -2.14. The molecule has 0 heterocycles. The molecule has 3 unspecified atom stereocenters. The van der Waals surface area contributed by atoms with E-state index in [9.17, 15) is 5.11 Å². The quantitative estimate of drug-likeness (QED) is 0.648. The molecular weight excluding hydrogens is 160 g/mol. The molecule has 3 atom stereocenters. The minimum atomic E-state index is 0.281. The second-order valence-corrected chi connectivity index (χ2v) is 5.21. The van der Waals surface area contributed by atoms with E-state index >= 15 is 0 Å². The van der Waals surface area contributed by atoms with Crippen molar-refractivity contribution in [2.24, 2.45) is 17.3 Å². The van der Waals surface area contributed by atoms with Crippen molar-refractivity contribution in [1.82, 2.24) is 0 Å². The summed E-state index contributed by atoms with van der Waals surface area (Å²) in [6, 6.07) is 0. The molecule has 1 heteroatoms. The predicted molar refractivity (Wildman–Crippen MR) is 54.4 cm³/mol. The zero-order chi connectivity index (χ0) is 9.47. The van der Waals surface area contributed by atoms with Crippen molar-refractivity contribution in [3.05, 3.63) is 11.6 Å². The van der Waals surface area contributed by atoms with E-state index in [4.69, 9.17) is 0 Å². The largest absolute Gasteiger partial charge is 0.396 e. The fourth-order valence-electron chi connectivity index (χ4n) is 2.71. The van der Waals surface area contributed by atoms with Crippen LogP contribution in [0.1, 0.15) is 39.5 Å². The van der Waals surface area contributed by atoms with Crippen LogP contribution in [0.4, 0.5) is 0 Å². The van der Waals surface area contributed by atoms with Gasteiger partial charge in [-0.05, 0) is 49.9 Å². The average Bonchev–Trinajstić information content (AvgIpc) is 2.81. The van der Waals surface area contributed by atoms with Crippen molar-refractivity contribution in [2.75, 3.05) is 6.61 Å². The Kier molecular flexibility index (Phi) is 2.23. The molecule has 2 aliphatic carbocycles. The van der Waals surface area contributed by atoms with Gasteiger partial charge < -0.3 is 5.11 Å². The van der Waals surface area contributed by atoms with Gasteiger partial charge in [0.05, 0.1) is 0 Å². The summed E-state index contributed by atoms with van der Waals surface area (Å²) in [4.78, 5) is 0. The minimum absolute atomic E-state index is 0.281. The first-order valence-corrected chi connectivity index (χ1v) is 5.42. The van der Waals surface area contributed by atoms with Gasteiger partial charge in [-0.2, -0.15) is 0 Å². The van der Waals surface area contributed by atoms with Crippen molar-refractivity contribution in [3.63, 3.8) is 0 Å². The van der Waals surface area contributed by atoms with Crippen LogP contribution in [-0.2, 0) is 0 Å². The van der Waals surface area contributed by atoms with Crippen LogP contribution in [0.2, 0.25) is 0 Å². The first-order chi connectivity index (χ1) is 6.15. The Morgan fingerprint density at radius 1 is 1.62 bits per heavy atom. The van der Waals surface area contributed by atoms with Gasteiger partial charge in [0.1, 0.15) is 0 Å². The normalized spacial score (nSPS) is 44.4. The molecule has 1 saturated carbocycles. The maximum absolute atomic E-state index is 9.20. The van der Waals surface area contributed by atoms with Gasteiger partial charge in [-0.3, -0.25) is 0 Å². The lowest BCUT2D eigenvalue weighted by atomic mass is 9.84. The molecule has 1 N–H and O–H groups in total. The molecule has 2 aliphatic rings. The molecule has 13 heavy (non-hydrogen) atoms. The fraction of sp³-hybridized carbons (Fsp3) is 0.833. The molecule has 0 aromatic rings. The monoisotopic (exact) mass is 180 g/mol. The van der Waals surface area contributed by atoms with Crippen molar-refractivity contribution >= 4 is 0 Å². The Morgan fingerprint density at radius 3 is 2.85 bits per heavy atom. The highest BCUT2D eigenvalue weighted by molar-refractivity contribution is 5.09. The Labute approximate surface area is 80.8 Å². The van der Waals surface area contributed by atoms with E-state index in [0.717, 1.165) is 11.8 Å². The highest BCUT2D eigenvalue weighted by atomic mass is 16.3. The molecule has 74 valence electrons. The molecule has 2 rings (SSSR count). The molecular formula is C12H20O. The smallest absolute Gasteiger partial charge is 0.0487 e. The van der Waals surface area contributed by atoms with Crippen molar-refractivity contribution in [3.8, 4) is 0 Å². The molecule has 0 amide bonds. The van der Waals surface area contributed by atoms with E-state index in [1.807, 2.05) is 0 Å². The molecule has 1 nitrogen and oxygen atoms in total. The third-order valence-corrected chi connectivity index (χ3v) is 4.03. The third-order valence-electron chi connectivity index (χ3n) is 4.03. The number of aliphatic hydroxyl groups is 1. The maximum atomic E-state index is 9.20. The van der Waals surface area contributed by atoms with E-state index in [-0.39, 0.29) is 5.41 Å². The van der Waals surface area contributed by atoms with Crippen molar-refractivity contribution in [1.29, 1.82) is 0 Å². The van der Waals surface area contributed by atoms with Crippen LogP contribution in [0.5, 0.6) is 0 Å². The summed E-state index contributed by atoms with van der Waals surface area (Å²) >= 11 is 0. The number of rotatable bonds is 2. The maximum Gasteiger partial charge on any atom is 0.0487 e. The van der Waals surface area contributed by atoms with Gasteiger partial charge in [-0.15, -0.1) is 0 Å². The summed E-state index contributed by atoms with van der Waals surface area (Å²) in [7, 11) is 0. The molecule has 0 aromatic heterocycles. The van der Waals surface area contributed by atoms with Crippen molar-refractivity contribution in [2.45, 2.75) is 39.5 Å². The first kappa shape index (κ1) is 9.26. The molecule has 0 aliphatic heterocycles. The van der Waals surface area contributed by atoms with Crippen LogP contribution in [0.3, 0.4) is 0 Å². The lowest BCUT2D eigenvalue weighted by Gasteiger charge is -2.22. The van der Waals surface area contributed by atoms with Gasteiger partial charge >= 0.3 is 0 Å². The average molecular weight is 180 g/mol. The second-order valence-electron chi connectivity index (χ2n) is 5.21. The van der Waals surface area contributed by atoms with Crippen LogP contribution in [0.25, 0.3) is 0 Å². The van der Waals surface area contributed by atoms with Gasteiger partial charge in [0, 0.05) is 6.61 Å². The van der Waals surface area contributed by atoms with Crippen LogP contribution in [-0.4, -0.2) is 11.7 Å². The molecule has 1 fully saturated rings. The van der Waals surface area contributed by atoms with E-state index in [1.54, 1.807) is 5.57 Å². The van der Waals surface area contributed by atoms with E-state index < -0.39 is 0 Å². The van der Waals surface area contributed by atoms with E-state index in [1.165, 1.54) is 25.7 Å². The topological polar surface area (TPSA) is 20.2 Å². The molecule has 0 aromatic carbocycles. The number of allylic oxidation sites excluding steroid dienone is 2. The molecule has 0 radical (unpaired) electrons. The van der Waals surface area contributed by atoms with Gasteiger partial charge in [-0.1, -0.05) is 18.6 Å². The summed E-state index contributed by atoms with van der Waals surface area (Å²) < 4.78 is 0. The van der Waals surface area contributed by atoms with Crippen LogP contribution >= 0.6 is 0 Å². The lowest BCUT2D eigenvalue weighted by molar-refractivity contribution is 0.195. The Hall–Kier alpha value is -0.300. The van der Waals surface area contributed by atoms with Crippen LogP contribution in [0.15, 0.2) is 11.6 Å². The highest BCUT2D eigenvalue weighted by Gasteiger charge is 2.52.